The van der Waals surface area contributed by atoms with Crippen molar-refractivity contribution < 1.29 is 4.39 Å². The Morgan fingerprint density at radius 1 is 0.783 bits per heavy atom. The van der Waals surface area contributed by atoms with Crippen LogP contribution in [0.2, 0.25) is 0 Å². The first-order valence-electron chi connectivity index (χ1n) is 9.51. The quantitative estimate of drug-likeness (QED) is 0.820. The Labute approximate surface area is 138 Å². The number of anilines is 1. The third-order valence-corrected chi connectivity index (χ3v) is 7.11. The molecule has 0 radical (unpaired) electrons. The predicted molar refractivity (Wildman–Crippen MR) is 91.0 cm³/mol. The van der Waals surface area contributed by atoms with Crippen LogP contribution in [0, 0.1) is 29.5 Å². The van der Waals surface area contributed by atoms with E-state index in [0.717, 1.165) is 61.6 Å². The van der Waals surface area contributed by atoms with Crippen LogP contribution in [-0.2, 0) is 0 Å². The molecule has 1 heterocycles. The van der Waals surface area contributed by atoms with Crippen molar-refractivity contribution in [3.63, 3.8) is 0 Å². The van der Waals surface area contributed by atoms with Crippen molar-refractivity contribution in [3.05, 3.63) is 30.1 Å². The van der Waals surface area contributed by atoms with Gasteiger partial charge in [-0.25, -0.2) is 4.39 Å². The lowest BCUT2D eigenvalue weighted by atomic mass is 9.54. The fourth-order valence-electron chi connectivity index (χ4n) is 6.46. The molecule has 0 N–H and O–H groups in total. The van der Waals surface area contributed by atoms with Crippen molar-refractivity contribution in [3.8, 4) is 0 Å². The maximum Gasteiger partial charge on any atom is 0.146 e. The summed E-state index contributed by atoms with van der Waals surface area (Å²) in [5.41, 5.74) is 0.789. The summed E-state index contributed by atoms with van der Waals surface area (Å²) in [7, 11) is 0. The summed E-state index contributed by atoms with van der Waals surface area (Å²) < 4.78 is 14.0. The molecule has 1 saturated heterocycles. The molecule has 0 aromatic heterocycles. The zero-order valence-electron chi connectivity index (χ0n) is 13.8. The maximum absolute atomic E-state index is 14.0. The summed E-state index contributed by atoms with van der Waals surface area (Å²) in [5, 5.41) is 0. The molecule has 0 unspecified atom stereocenters. The number of para-hydroxylation sites is 1. The van der Waals surface area contributed by atoms with Gasteiger partial charge < -0.3 is 4.90 Å². The second-order valence-corrected chi connectivity index (χ2v) is 8.40. The summed E-state index contributed by atoms with van der Waals surface area (Å²) in [6, 6.07) is 8.07. The van der Waals surface area contributed by atoms with Gasteiger partial charge in [-0.15, -0.1) is 0 Å². The fraction of sp³-hybridized carbons (Fsp3) is 0.700. The number of halogens is 1. The lowest BCUT2D eigenvalue weighted by Crippen LogP contribution is -2.60. The van der Waals surface area contributed by atoms with Crippen molar-refractivity contribution in [1.82, 2.24) is 4.90 Å². The molecular formula is C20H27FN2. The molecule has 124 valence electrons. The van der Waals surface area contributed by atoms with Crippen LogP contribution in [0.3, 0.4) is 0 Å². The van der Waals surface area contributed by atoms with E-state index < -0.39 is 0 Å². The Balaban J connectivity index is 1.28. The van der Waals surface area contributed by atoms with Crippen LogP contribution >= 0.6 is 0 Å². The van der Waals surface area contributed by atoms with Crippen molar-refractivity contribution in [2.24, 2.45) is 23.7 Å². The van der Waals surface area contributed by atoms with Crippen molar-refractivity contribution in [1.29, 1.82) is 0 Å². The molecule has 1 aromatic carbocycles. The Kier molecular flexibility index (Phi) is 3.40. The molecule has 4 saturated carbocycles. The topological polar surface area (TPSA) is 6.48 Å². The van der Waals surface area contributed by atoms with Gasteiger partial charge in [0.15, 0.2) is 0 Å². The van der Waals surface area contributed by atoms with E-state index in [1.54, 1.807) is 12.1 Å². The minimum absolute atomic E-state index is 0.0735. The predicted octanol–water partition coefficient (Wildman–Crippen LogP) is 3.77. The maximum atomic E-state index is 14.0. The van der Waals surface area contributed by atoms with E-state index in [1.165, 1.54) is 32.1 Å². The fourth-order valence-corrected chi connectivity index (χ4v) is 6.46. The Morgan fingerprint density at radius 3 is 2.00 bits per heavy atom. The second-order valence-electron chi connectivity index (χ2n) is 8.40. The molecule has 6 rings (SSSR count). The van der Waals surface area contributed by atoms with Gasteiger partial charge in [0.25, 0.3) is 0 Å². The SMILES string of the molecule is Fc1ccccc1N1CCN(C2C3CC4CC(C3)CC2C4)CC1. The lowest BCUT2D eigenvalue weighted by molar-refractivity contribution is -0.0665. The smallest absolute Gasteiger partial charge is 0.146 e. The highest BCUT2D eigenvalue weighted by Gasteiger charge is 2.50. The zero-order valence-corrected chi connectivity index (χ0v) is 13.8. The number of hydrogen-bond acceptors (Lipinski definition) is 2. The first kappa shape index (κ1) is 14.3. The largest absolute Gasteiger partial charge is 0.367 e. The van der Waals surface area contributed by atoms with E-state index in [1.807, 2.05) is 12.1 Å². The van der Waals surface area contributed by atoms with Crippen LogP contribution in [0.4, 0.5) is 10.1 Å². The summed E-state index contributed by atoms with van der Waals surface area (Å²) in [6.07, 6.45) is 7.49. The van der Waals surface area contributed by atoms with Gasteiger partial charge in [0.2, 0.25) is 0 Å². The van der Waals surface area contributed by atoms with Gasteiger partial charge in [0.1, 0.15) is 5.82 Å². The van der Waals surface area contributed by atoms with Crippen molar-refractivity contribution in [2.45, 2.75) is 38.1 Å². The summed E-state index contributed by atoms with van der Waals surface area (Å²) in [4.78, 5) is 5.01. The number of hydrogen-bond donors (Lipinski definition) is 0. The van der Waals surface area contributed by atoms with Crippen LogP contribution in [0.1, 0.15) is 32.1 Å². The summed E-state index contributed by atoms with van der Waals surface area (Å²) >= 11 is 0. The highest BCUT2D eigenvalue weighted by atomic mass is 19.1. The molecule has 1 aromatic rings. The van der Waals surface area contributed by atoms with Gasteiger partial charge in [-0.1, -0.05) is 12.1 Å². The third-order valence-electron chi connectivity index (χ3n) is 7.11. The molecule has 3 heteroatoms. The van der Waals surface area contributed by atoms with E-state index >= 15 is 0 Å². The Morgan fingerprint density at radius 2 is 1.39 bits per heavy atom. The number of piperazine rings is 1. The van der Waals surface area contributed by atoms with Crippen molar-refractivity contribution >= 4 is 5.69 Å². The first-order valence-corrected chi connectivity index (χ1v) is 9.51. The molecule has 2 nitrogen and oxygen atoms in total. The molecule has 23 heavy (non-hydrogen) atoms. The second kappa shape index (κ2) is 5.47. The standard InChI is InChI=1S/C20H27FN2/c21-18-3-1-2-4-19(18)22-5-7-23(8-6-22)20-16-10-14-9-15(12-16)13-17(20)11-14/h1-4,14-17,20H,5-13H2. The van der Waals surface area contributed by atoms with Gasteiger partial charge in [-0.05, 0) is 67.9 Å². The summed E-state index contributed by atoms with van der Waals surface area (Å²) in [6.45, 7) is 4.18. The number of rotatable bonds is 2. The van der Waals surface area contributed by atoms with Gasteiger partial charge in [-0.3, -0.25) is 4.90 Å². The van der Waals surface area contributed by atoms with Gasteiger partial charge in [0.05, 0.1) is 5.69 Å². The zero-order chi connectivity index (χ0) is 15.4. The van der Waals surface area contributed by atoms with Crippen LogP contribution < -0.4 is 4.90 Å². The third kappa shape index (κ3) is 2.39. The van der Waals surface area contributed by atoms with Gasteiger partial charge in [0, 0.05) is 32.2 Å². The number of benzene rings is 1. The molecule has 0 amide bonds. The number of nitrogens with zero attached hydrogens (tertiary/aromatic N) is 2. The molecule has 5 fully saturated rings. The average Bonchev–Trinajstić information content (AvgIpc) is 2.55. The molecule has 1 aliphatic heterocycles. The van der Waals surface area contributed by atoms with Crippen LogP contribution in [0.15, 0.2) is 24.3 Å². The minimum atomic E-state index is -0.0735. The highest BCUT2D eigenvalue weighted by molar-refractivity contribution is 5.48. The van der Waals surface area contributed by atoms with Gasteiger partial charge >= 0.3 is 0 Å². The molecule has 4 bridgehead atoms. The van der Waals surface area contributed by atoms with Crippen LogP contribution in [0.25, 0.3) is 0 Å². The van der Waals surface area contributed by atoms with E-state index in [2.05, 4.69) is 9.80 Å². The Hall–Kier alpha value is -1.09. The normalized spacial score (nSPS) is 39.9. The molecule has 0 atom stereocenters. The Bertz CT molecular complexity index is 551. The highest BCUT2D eigenvalue weighted by Crippen LogP contribution is 2.55. The monoisotopic (exact) mass is 314 g/mol. The van der Waals surface area contributed by atoms with E-state index in [9.17, 15) is 4.39 Å². The molecule has 5 aliphatic rings. The average molecular weight is 314 g/mol. The van der Waals surface area contributed by atoms with Gasteiger partial charge in [-0.2, -0.15) is 0 Å². The van der Waals surface area contributed by atoms with Crippen LogP contribution in [-0.4, -0.2) is 37.1 Å². The molecule has 0 spiro atoms. The van der Waals surface area contributed by atoms with E-state index in [4.69, 9.17) is 0 Å². The van der Waals surface area contributed by atoms with Crippen LogP contribution in [0.5, 0.6) is 0 Å². The van der Waals surface area contributed by atoms with E-state index in [0.29, 0.717) is 0 Å². The first-order chi connectivity index (χ1) is 11.3. The minimum Gasteiger partial charge on any atom is -0.367 e. The van der Waals surface area contributed by atoms with Crippen molar-refractivity contribution in [2.75, 3.05) is 31.1 Å². The summed E-state index contributed by atoms with van der Waals surface area (Å²) in [5.74, 6) is 3.95. The lowest BCUT2D eigenvalue weighted by Gasteiger charge is -2.58. The van der Waals surface area contributed by atoms with E-state index in [-0.39, 0.29) is 5.82 Å². The molecule has 4 aliphatic carbocycles. The molecular weight excluding hydrogens is 287 g/mol.